The van der Waals surface area contributed by atoms with Gasteiger partial charge in [-0.05, 0) is 37.5 Å². The van der Waals surface area contributed by atoms with Crippen molar-refractivity contribution in [2.24, 2.45) is 0 Å². The molecule has 0 nitrogen and oxygen atoms in total. The van der Waals surface area contributed by atoms with Gasteiger partial charge in [0.05, 0.1) is 0 Å². The van der Waals surface area contributed by atoms with E-state index in [1.807, 2.05) is 6.08 Å². The van der Waals surface area contributed by atoms with Crippen LogP contribution in [-0.2, 0) is 0 Å². The van der Waals surface area contributed by atoms with E-state index in [0.29, 0.717) is 0 Å². The molecule has 0 fully saturated rings. The fourth-order valence-electron chi connectivity index (χ4n) is 2.42. The average Bonchev–Trinajstić information content (AvgIpc) is 2.54. The Labute approximate surface area is 140 Å². The minimum absolute atomic E-state index is 1.00. The molecule has 0 heteroatoms. The Morgan fingerprint density at radius 1 is 0.636 bits per heavy atom. The molecule has 0 saturated carbocycles. The fraction of sp³-hybridized carbons (Fsp3) is 0.727. The zero-order valence-corrected chi connectivity index (χ0v) is 14.9. The molecule has 0 spiro atoms. The molecule has 0 heterocycles. The second kappa shape index (κ2) is 19.9. The summed E-state index contributed by atoms with van der Waals surface area (Å²) in [5.74, 6) is 12.3. The summed E-state index contributed by atoms with van der Waals surface area (Å²) in [7, 11) is 0. The van der Waals surface area contributed by atoms with Crippen molar-refractivity contribution in [3.8, 4) is 23.7 Å². The molecular weight excluding hydrogens is 264 g/mol. The molecule has 0 N–H and O–H groups in total. The highest BCUT2D eigenvalue weighted by Crippen LogP contribution is 2.09. The van der Waals surface area contributed by atoms with E-state index in [2.05, 4.69) is 37.2 Å². The summed E-state index contributed by atoms with van der Waals surface area (Å²) < 4.78 is 0. The van der Waals surface area contributed by atoms with Crippen LogP contribution >= 0.6 is 0 Å². The van der Waals surface area contributed by atoms with Gasteiger partial charge in [0.2, 0.25) is 0 Å². The van der Waals surface area contributed by atoms with E-state index >= 15 is 0 Å². The first-order valence-corrected chi connectivity index (χ1v) is 9.48. The maximum Gasteiger partial charge on any atom is 0.00989 e. The fourth-order valence-corrected chi connectivity index (χ4v) is 2.42. The summed E-state index contributed by atoms with van der Waals surface area (Å²) >= 11 is 0. The first-order chi connectivity index (χ1) is 10.9. The van der Waals surface area contributed by atoms with Gasteiger partial charge in [-0.1, -0.05) is 82.6 Å². The Kier molecular flexibility index (Phi) is 18.8. The van der Waals surface area contributed by atoms with Gasteiger partial charge in [0, 0.05) is 12.8 Å². The van der Waals surface area contributed by atoms with Crippen LogP contribution in [-0.4, -0.2) is 0 Å². The molecular formula is C22H36. The lowest BCUT2D eigenvalue weighted by Crippen LogP contribution is -1.80. The number of hydrogen-bond acceptors (Lipinski definition) is 0. The van der Waals surface area contributed by atoms with Crippen molar-refractivity contribution < 1.29 is 0 Å². The van der Waals surface area contributed by atoms with Crippen LogP contribution in [0.25, 0.3) is 0 Å². The lowest BCUT2D eigenvalue weighted by Gasteiger charge is -1.98. The molecule has 22 heavy (non-hydrogen) atoms. The summed E-state index contributed by atoms with van der Waals surface area (Å²) in [6.07, 6.45) is 21.2. The first kappa shape index (κ1) is 20.9. The van der Waals surface area contributed by atoms with Crippen LogP contribution in [0.4, 0.5) is 0 Å². The van der Waals surface area contributed by atoms with Crippen LogP contribution in [0.2, 0.25) is 0 Å². The third kappa shape index (κ3) is 18.9. The summed E-state index contributed by atoms with van der Waals surface area (Å²) in [5, 5.41) is 0. The lowest BCUT2D eigenvalue weighted by molar-refractivity contribution is 0.579. The molecule has 0 unspecified atom stereocenters. The predicted octanol–water partition coefficient (Wildman–Crippen LogP) is 7.05. The Hall–Kier alpha value is -1.14. The highest BCUT2D eigenvalue weighted by atomic mass is 14.0. The van der Waals surface area contributed by atoms with Crippen molar-refractivity contribution in [1.82, 2.24) is 0 Å². The van der Waals surface area contributed by atoms with Crippen molar-refractivity contribution in [1.29, 1.82) is 0 Å². The quantitative estimate of drug-likeness (QED) is 0.183. The first-order valence-electron chi connectivity index (χ1n) is 9.48. The molecule has 0 rings (SSSR count). The Morgan fingerprint density at radius 3 is 1.59 bits per heavy atom. The Morgan fingerprint density at radius 2 is 1.09 bits per heavy atom. The largest absolute Gasteiger partial charge is 0.103 e. The topological polar surface area (TPSA) is 0 Å². The number of hydrogen-bond donors (Lipinski definition) is 0. The normalized spacial score (nSPS) is 9.50. The van der Waals surface area contributed by atoms with Gasteiger partial charge in [0.25, 0.3) is 0 Å². The molecule has 0 aliphatic rings. The highest BCUT2D eigenvalue weighted by Gasteiger charge is 1.90. The molecule has 0 amide bonds. The van der Waals surface area contributed by atoms with Gasteiger partial charge in [-0.25, -0.2) is 0 Å². The SMILES string of the molecule is C=CCCCCCCC#CC#CCCCCCCCCCC. The number of rotatable bonds is 14. The summed E-state index contributed by atoms with van der Waals surface area (Å²) in [6.45, 7) is 6.01. The molecule has 0 radical (unpaired) electrons. The highest BCUT2D eigenvalue weighted by molar-refractivity contribution is 5.25. The summed E-state index contributed by atoms with van der Waals surface area (Å²) in [6, 6.07) is 0. The predicted molar refractivity (Wildman–Crippen MR) is 101 cm³/mol. The molecule has 0 aliphatic carbocycles. The van der Waals surface area contributed by atoms with E-state index in [1.54, 1.807) is 0 Å². The van der Waals surface area contributed by atoms with Gasteiger partial charge < -0.3 is 0 Å². The van der Waals surface area contributed by atoms with Crippen molar-refractivity contribution in [2.75, 3.05) is 0 Å². The molecule has 0 saturated heterocycles. The molecule has 0 aromatic heterocycles. The molecule has 0 aliphatic heterocycles. The van der Waals surface area contributed by atoms with E-state index in [0.717, 1.165) is 19.3 Å². The van der Waals surface area contributed by atoms with Gasteiger partial charge in [0.15, 0.2) is 0 Å². The molecule has 0 aromatic carbocycles. The Balaban J connectivity index is 3.24. The second-order valence-electron chi connectivity index (χ2n) is 6.07. The second-order valence-corrected chi connectivity index (χ2v) is 6.07. The minimum atomic E-state index is 1.00. The molecule has 124 valence electrons. The molecule has 0 atom stereocenters. The smallest absolute Gasteiger partial charge is 0.00989 e. The minimum Gasteiger partial charge on any atom is -0.103 e. The van der Waals surface area contributed by atoms with Gasteiger partial charge in [-0.3, -0.25) is 0 Å². The van der Waals surface area contributed by atoms with Crippen LogP contribution in [0.1, 0.15) is 103 Å². The van der Waals surface area contributed by atoms with Crippen LogP contribution in [0.5, 0.6) is 0 Å². The van der Waals surface area contributed by atoms with Crippen molar-refractivity contribution in [2.45, 2.75) is 103 Å². The average molecular weight is 301 g/mol. The van der Waals surface area contributed by atoms with Crippen molar-refractivity contribution >= 4 is 0 Å². The van der Waals surface area contributed by atoms with Crippen LogP contribution in [0, 0.1) is 23.7 Å². The van der Waals surface area contributed by atoms with Crippen molar-refractivity contribution in [3.63, 3.8) is 0 Å². The Bertz CT molecular complexity index is 342. The third-order valence-corrected chi connectivity index (χ3v) is 3.85. The monoisotopic (exact) mass is 300 g/mol. The van der Waals surface area contributed by atoms with Gasteiger partial charge in [0.1, 0.15) is 0 Å². The maximum absolute atomic E-state index is 3.74. The van der Waals surface area contributed by atoms with E-state index in [-0.39, 0.29) is 0 Å². The standard InChI is InChI=1S/C22H36/c1-3-5-7-9-11-13-15-17-19-21-22-20-18-16-14-12-10-8-6-4-2/h3H,1,4-16,18,20H2,2H3. The van der Waals surface area contributed by atoms with E-state index in [1.165, 1.54) is 77.0 Å². The van der Waals surface area contributed by atoms with Crippen LogP contribution < -0.4 is 0 Å². The molecule has 0 bridgehead atoms. The molecule has 0 aromatic rings. The van der Waals surface area contributed by atoms with Crippen molar-refractivity contribution in [3.05, 3.63) is 12.7 Å². The lowest BCUT2D eigenvalue weighted by atomic mass is 10.1. The van der Waals surface area contributed by atoms with Gasteiger partial charge in [-0.15, -0.1) is 6.58 Å². The zero-order valence-electron chi connectivity index (χ0n) is 14.9. The van der Waals surface area contributed by atoms with Gasteiger partial charge >= 0.3 is 0 Å². The zero-order chi connectivity index (χ0) is 16.1. The van der Waals surface area contributed by atoms with E-state index in [4.69, 9.17) is 0 Å². The van der Waals surface area contributed by atoms with Gasteiger partial charge in [-0.2, -0.15) is 0 Å². The maximum atomic E-state index is 3.74. The third-order valence-electron chi connectivity index (χ3n) is 3.85. The summed E-state index contributed by atoms with van der Waals surface area (Å²) in [4.78, 5) is 0. The van der Waals surface area contributed by atoms with Crippen LogP contribution in [0.15, 0.2) is 12.7 Å². The van der Waals surface area contributed by atoms with Crippen LogP contribution in [0.3, 0.4) is 0 Å². The van der Waals surface area contributed by atoms with E-state index in [9.17, 15) is 0 Å². The van der Waals surface area contributed by atoms with E-state index < -0.39 is 0 Å². The number of unbranched alkanes of at least 4 members (excludes halogenated alkanes) is 13. The summed E-state index contributed by atoms with van der Waals surface area (Å²) in [5.41, 5.74) is 0. The number of allylic oxidation sites excluding steroid dienone is 1.